The maximum Gasteiger partial charge on any atom is 0.145 e. The lowest BCUT2D eigenvalue weighted by molar-refractivity contribution is 0.419. The molecule has 0 saturated heterocycles. The summed E-state index contributed by atoms with van der Waals surface area (Å²) in [7, 11) is 1.61. The molecule has 0 atom stereocenters. The quantitative estimate of drug-likeness (QED) is 0.660. The first-order chi connectivity index (χ1) is 8.58. The summed E-state index contributed by atoms with van der Waals surface area (Å²) in [6.45, 7) is 4.16. The monoisotopic (exact) mass is 265 g/mol. The zero-order valence-corrected chi connectivity index (χ0v) is 11.4. The number of aromatic nitrogens is 1. The van der Waals surface area contributed by atoms with E-state index < -0.39 is 0 Å². The number of nitrogens with one attached hydrogen (secondary N) is 1. The Morgan fingerprint density at radius 1 is 1.39 bits per heavy atom. The molecular formula is C13H16ClN3O. The number of ether oxygens (including phenoxy) is 1. The van der Waals surface area contributed by atoms with E-state index in [9.17, 15) is 0 Å². The van der Waals surface area contributed by atoms with E-state index in [2.05, 4.69) is 24.3 Å². The van der Waals surface area contributed by atoms with Gasteiger partial charge in [0.05, 0.1) is 12.1 Å². The molecule has 0 saturated carbocycles. The van der Waals surface area contributed by atoms with Crippen LogP contribution in [0.1, 0.15) is 25.3 Å². The molecule has 4 nitrogen and oxygen atoms in total. The van der Waals surface area contributed by atoms with Crippen LogP contribution in [0.15, 0.2) is 18.2 Å². The van der Waals surface area contributed by atoms with E-state index in [1.54, 1.807) is 13.2 Å². The van der Waals surface area contributed by atoms with Gasteiger partial charge in [0.25, 0.3) is 0 Å². The summed E-state index contributed by atoms with van der Waals surface area (Å²) >= 11 is 6.21. The second-order valence-electron chi connectivity index (χ2n) is 4.37. The average molecular weight is 266 g/mol. The van der Waals surface area contributed by atoms with Gasteiger partial charge in [-0.2, -0.15) is 0 Å². The van der Waals surface area contributed by atoms with Crippen molar-refractivity contribution in [2.24, 2.45) is 5.84 Å². The van der Waals surface area contributed by atoms with Crippen molar-refractivity contribution < 1.29 is 4.74 Å². The highest BCUT2D eigenvalue weighted by Crippen LogP contribution is 2.34. The van der Waals surface area contributed by atoms with Crippen molar-refractivity contribution in [3.05, 3.63) is 28.8 Å². The van der Waals surface area contributed by atoms with Crippen molar-refractivity contribution in [1.29, 1.82) is 0 Å². The summed E-state index contributed by atoms with van der Waals surface area (Å²) in [5, 5.41) is 1.53. The first-order valence-corrected chi connectivity index (χ1v) is 6.10. The SMILES string of the molecule is COc1ccc(Cl)c2cc(C(C)C)c(NN)nc12. The lowest BCUT2D eigenvalue weighted by atomic mass is 10.0. The Labute approximate surface area is 111 Å². The fraction of sp³-hybridized carbons (Fsp3) is 0.308. The normalized spacial score (nSPS) is 11.0. The molecule has 2 rings (SSSR count). The van der Waals surface area contributed by atoms with Gasteiger partial charge in [-0.15, -0.1) is 0 Å². The fourth-order valence-corrected chi connectivity index (χ4v) is 2.14. The van der Waals surface area contributed by atoms with Crippen molar-refractivity contribution >= 4 is 28.3 Å². The molecular weight excluding hydrogens is 250 g/mol. The van der Waals surface area contributed by atoms with Crippen LogP contribution in [0.5, 0.6) is 5.75 Å². The van der Waals surface area contributed by atoms with Gasteiger partial charge in [-0.25, -0.2) is 10.8 Å². The zero-order valence-electron chi connectivity index (χ0n) is 10.6. The van der Waals surface area contributed by atoms with Crippen LogP contribution in [-0.4, -0.2) is 12.1 Å². The van der Waals surface area contributed by atoms with E-state index >= 15 is 0 Å². The van der Waals surface area contributed by atoms with Crippen LogP contribution in [0.2, 0.25) is 5.02 Å². The third-order valence-electron chi connectivity index (χ3n) is 2.90. The van der Waals surface area contributed by atoms with Crippen LogP contribution in [0.3, 0.4) is 0 Å². The second-order valence-corrected chi connectivity index (χ2v) is 4.78. The number of nitrogen functional groups attached to an aromatic ring is 1. The molecule has 0 fully saturated rings. The molecule has 0 spiro atoms. The Hall–Kier alpha value is -1.52. The van der Waals surface area contributed by atoms with Crippen LogP contribution in [0.4, 0.5) is 5.82 Å². The number of nitrogens with two attached hydrogens (primary N) is 1. The first kappa shape index (κ1) is 12.9. The molecule has 1 aromatic carbocycles. The van der Waals surface area contributed by atoms with Gasteiger partial charge in [0.2, 0.25) is 0 Å². The zero-order chi connectivity index (χ0) is 13.3. The third kappa shape index (κ3) is 2.09. The fourth-order valence-electron chi connectivity index (χ4n) is 1.94. The van der Waals surface area contributed by atoms with Crippen molar-refractivity contribution in [1.82, 2.24) is 4.98 Å². The minimum Gasteiger partial charge on any atom is -0.494 e. The molecule has 2 aromatic rings. The van der Waals surface area contributed by atoms with Gasteiger partial charge < -0.3 is 10.2 Å². The number of hydrogen-bond acceptors (Lipinski definition) is 4. The smallest absolute Gasteiger partial charge is 0.145 e. The summed E-state index contributed by atoms with van der Waals surface area (Å²) in [5.74, 6) is 7.16. The third-order valence-corrected chi connectivity index (χ3v) is 3.23. The van der Waals surface area contributed by atoms with Crippen LogP contribution in [0, 0.1) is 0 Å². The van der Waals surface area contributed by atoms with Crippen LogP contribution in [0.25, 0.3) is 10.9 Å². The Kier molecular flexibility index (Phi) is 3.59. The summed E-state index contributed by atoms with van der Waals surface area (Å²) in [5.41, 5.74) is 4.37. The predicted octanol–water partition coefficient (Wildman–Crippen LogP) is 3.31. The predicted molar refractivity (Wildman–Crippen MR) is 75.2 cm³/mol. The standard InChI is InChI=1S/C13H16ClN3O/c1-7(2)8-6-9-10(14)4-5-11(18-3)12(9)16-13(8)17-15/h4-7H,15H2,1-3H3,(H,16,17). The van der Waals surface area contributed by atoms with Gasteiger partial charge in [0.1, 0.15) is 17.1 Å². The number of pyridine rings is 1. The summed E-state index contributed by atoms with van der Waals surface area (Å²) in [4.78, 5) is 4.50. The first-order valence-electron chi connectivity index (χ1n) is 5.72. The maximum atomic E-state index is 6.21. The molecule has 0 radical (unpaired) electrons. The molecule has 0 aliphatic rings. The molecule has 18 heavy (non-hydrogen) atoms. The number of hydrazine groups is 1. The molecule has 1 heterocycles. The second kappa shape index (κ2) is 5.00. The lowest BCUT2D eigenvalue weighted by Gasteiger charge is -2.14. The molecule has 0 aliphatic carbocycles. The van der Waals surface area contributed by atoms with Gasteiger partial charge in [0.15, 0.2) is 0 Å². The molecule has 96 valence electrons. The van der Waals surface area contributed by atoms with Crippen molar-refractivity contribution in [2.75, 3.05) is 12.5 Å². The molecule has 5 heteroatoms. The number of halogens is 1. The van der Waals surface area contributed by atoms with Crippen LogP contribution >= 0.6 is 11.6 Å². The Balaban J connectivity index is 2.81. The topological polar surface area (TPSA) is 60.2 Å². The highest BCUT2D eigenvalue weighted by atomic mass is 35.5. The van der Waals surface area contributed by atoms with Gasteiger partial charge in [0, 0.05) is 5.39 Å². The summed E-state index contributed by atoms with van der Waals surface area (Å²) in [6.07, 6.45) is 0. The van der Waals surface area contributed by atoms with E-state index in [1.807, 2.05) is 12.1 Å². The minimum atomic E-state index is 0.301. The molecule has 0 unspecified atom stereocenters. The summed E-state index contributed by atoms with van der Waals surface area (Å²) in [6, 6.07) is 5.62. The molecule has 0 aliphatic heterocycles. The van der Waals surface area contributed by atoms with Crippen molar-refractivity contribution in [3.63, 3.8) is 0 Å². The number of nitrogens with zero attached hydrogens (tertiary/aromatic N) is 1. The lowest BCUT2D eigenvalue weighted by Crippen LogP contribution is -2.12. The highest BCUT2D eigenvalue weighted by molar-refractivity contribution is 6.35. The van der Waals surface area contributed by atoms with Crippen LogP contribution < -0.4 is 16.0 Å². The van der Waals surface area contributed by atoms with E-state index in [0.29, 0.717) is 28.0 Å². The Morgan fingerprint density at radius 3 is 2.67 bits per heavy atom. The Bertz CT molecular complexity index is 584. The number of fused-ring (bicyclic) bond motifs is 1. The highest BCUT2D eigenvalue weighted by Gasteiger charge is 2.14. The van der Waals surface area contributed by atoms with E-state index in [-0.39, 0.29) is 0 Å². The molecule has 0 bridgehead atoms. The molecule has 3 N–H and O–H groups in total. The van der Waals surface area contributed by atoms with Gasteiger partial charge in [-0.05, 0) is 29.7 Å². The molecule has 1 aromatic heterocycles. The van der Waals surface area contributed by atoms with E-state index in [1.165, 1.54) is 0 Å². The number of benzene rings is 1. The Morgan fingerprint density at radius 2 is 2.11 bits per heavy atom. The number of rotatable bonds is 3. The summed E-state index contributed by atoms with van der Waals surface area (Å²) < 4.78 is 5.29. The van der Waals surface area contributed by atoms with Gasteiger partial charge >= 0.3 is 0 Å². The van der Waals surface area contributed by atoms with Crippen LogP contribution in [-0.2, 0) is 0 Å². The van der Waals surface area contributed by atoms with Crippen molar-refractivity contribution in [2.45, 2.75) is 19.8 Å². The van der Waals surface area contributed by atoms with Gasteiger partial charge in [-0.1, -0.05) is 25.4 Å². The maximum absolute atomic E-state index is 6.21. The van der Waals surface area contributed by atoms with E-state index in [4.69, 9.17) is 22.2 Å². The van der Waals surface area contributed by atoms with E-state index in [0.717, 1.165) is 10.9 Å². The number of hydrogen-bond donors (Lipinski definition) is 2. The van der Waals surface area contributed by atoms with Gasteiger partial charge in [-0.3, -0.25) is 0 Å². The molecule has 0 amide bonds. The number of anilines is 1. The minimum absolute atomic E-state index is 0.301. The largest absolute Gasteiger partial charge is 0.494 e. The average Bonchev–Trinajstić information content (AvgIpc) is 2.37. The number of methoxy groups -OCH3 is 1. The van der Waals surface area contributed by atoms with Crippen molar-refractivity contribution in [3.8, 4) is 5.75 Å².